The van der Waals surface area contributed by atoms with Gasteiger partial charge in [0.15, 0.2) is 0 Å². The fraction of sp³-hybridized carbons (Fsp3) is 0.250. The summed E-state index contributed by atoms with van der Waals surface area (Å²) in [7, 11) is 0. The lowest BCUT2D eigenvalue weighted by Gasteiger charge is -2.14. The van der Waals surface area contributed by atoms with Gasteiger partial charge in [-0.15, -0.1) is 6.58 Å². The molecule has 2 nitrogen and oxygen atoms in total. The zero-order valence-electron chi connectivity index (χ0n) is 15.2. The molecule has 1 aliphatic heterocycles. The number of hydrogen-bond acceptors (Lipinski definition) is 1. The molecule has 0 spiro atoms. The van der Waals surface area contributed by atoms with Gasteiger partial charge in [0.05, 0.1) is 11.2 Å². The molecule has 0 fully saturated rings. The van der Waals surface area contributed by atoms with E-state index in [1.54, 1.807) is 0 Å². The first-order valence-corrected chi connectivity index (χ1v) is 9.65. The summed E-state index contributed by atoms with van der Waals surface area (Å²) in [4.78, 5) is 0. The van der Waals surface area contributed by atoms with Crippen LogP contribution in [0.15, 0.2) is 55.1 Å². The maximum Gasteiger partial charge on any atom is 0.0776 e. The van der Waals surface area contributed by atoms with Crippen molar-refractivity contribution in [1.29, 1.82) is 0 Å². The predicted molar refractivity (Wildman–Crippen MR) is 111 cm³/mol. The third-order valence-electron chi connectivity index (χ3n) is 5.92. The smallest absolute Gasteiger partial charge is 0.0776 e. The normalized spacial score (nSPS) is 20.7. The molecule has 2 heterocycles. The molecule has 1 N–H and O–H groups in total. The first-order chi connectivity index (χ1) is 12.8. The van der Waals surface area contributed by atoms with E-state index < -0.39 is 0 Å². The van der Waals surface area contributed by atoms with E-state index in [1.807, 2.05) is 0 Å². The molecular formula is C24H24N2. The SMILES string of the molecule is C=CC1c2ccc3c4c(n(-c5ccccc5)c3c2N[C@H]1CC)=CCCC=4. The van der Waals surface area contributed by atoms with Crippen LogP contribution in [0.2, 0.25) is 0 Å². The molecule has 130 valence electrons. The summed E-state index contributed by atoms with van der Waals surface area (Å²) in [5.41, 5.74) is 5.22. The number of aromatic nitrogens is 1. The number of nitrogens with zero attached hydrogens (tertiary/aromatic N) is 1. The van der Waals surface area contributed by atoms with Crippen molar-refractivity contribution in [3.8, 4) is 5.69 Å². The van der Waals surface area contributed by atoms with E-state index in [-0.39, 0.29) is 0 Å². The second-order valence-electron chi connectivity index (χ2n) is 7.30. The summed E-state index contributed by atoms with van der Waals surface area (Å²) in [5.74, 6) is 0.378. The van der Waals surface area contributed by atoms with E-state index >= 15 is 0 Å². The van der Waals surface area contributed by atoms with Crippen LogP contribution in [0, 0.1) is 0 Å². The monoisotopic (exact) mass is 340 g/mol. The fourth-order valence-corrected chi connectivity index (χ4v) is 4.71. The highest BCUT2D eigenvalue weighted by atomic mass is 15.0. The third kappa shape index (κ3) is 2.05. The number of nitrogens with one attached hydrogen (secondary N) is 1. The Morgan fingerprint density at radius 1 is 1.12 bits per heavy atom. The Morgan fingerprint density at radius 3 is 2.69 bits per heavy atom. The van der Waals surface area contributed by atoms with Gasteiger partial charge in [0.2, 0.25) is 0 Å². The number of para-hydroxylation sites is 1. The molecule has 0 saturated carbocycles. The highest BCUT2D eigenvalue weighted by molar-refractivity contribution is 5.97. The number of benzene rings is 2. The minimum Gasteiger partial charge on any atom is -0.379 e. The summed E-state index contributed by atoms with van der Waals surface area (Å²) in [5, 5.41) is 7.90. The van der Waals surface area contributed by atoms with Crippen molar-refractivity contribution in [1.82, 2.24) is 4.57 Å². The Balaban J connectivity index is 1.93. The highest BCUT2D eigenvalue weighted by Crippen LogP contribution is 2.42. The van der Waals surface area contributed by atoms with Crippen LogP contribution in [0.4, 0.5) is 5.69 Å². The zero-order chi connectivity index (χ0) is 17.7. The minimum absolute atomic E-state index is 0.378. The molecular weight excluding hydrogens is 316 g/mol. The Kier molecular flexibility index (Phi) is 3.53. The fourth-order valence-electron chi connectivity index (χ4n) is 4.71. The first kappa shape index (κ1) is 15.5. The van der Waals surface area contributed by atoms with Crippen molar-refractivity contribution < 1.29 is 0 Å². The van der Waals surface area contributed by atoms with Crippen molar-refractivity contribution in [3.05, 3.63) is 71.3 Å². The van der Waals surface area contributed by atoms with Crippen LogP contribution in [-0.2, 0) is 0 Å². The largest absolute Gasteiger partial charge is 0.379 e. The molecule has 5 rings (SSSR count). The molecule has 26 heavy (non-hydrogen) atoms. The van der Waals surface area contributed by atoms with Crippen molar-refractivity contribution in [2.45, 2.75) is 38.1 Å². The lowest BCUT2D eigenvalue weighted by Crippen LogP contribution is -2.30. The molecule has 3 aromatic rings. The van der Waals surface area contributed by atoms with Crippen LogP contribution in [0.5, 0.6) is 0 Å². The van der Waals surface area contributed by atoms with Gasteiger partial charge in [-0.1, -0.05) is 55.5 Å². The average molecular weight is 340 g/mol. The second kappa shape index (κ2) is 5.91. The van der Waals surface area contributed by atoms with Crippen LogP contribution in [0.3, 0.4) is 0 Å². The molecule has 1 unspecified atom stereocenters. The predicted octanol–water partition coefficient (Wildman–Crippen LogP) is 4.46. The van der Waals surface area contributed by atoms with Gasteiger partial charge in [-0.25, -0.2) is 0 Å². The maximum atomic E-state index is 4.11. The molecule has 0 bridgehead atoms. The molecule has 2 aliphatic rings. The van der Waals surface area contributed by atoms with Gasteiger partial charge in [0, 0.05) is 33.6 Å². The summed E-state index contributed by atoms with van der Waals surface area (Å²) in [6.45, 7) is 6.36. The molecule has 0 amide bonds. The summed E-state index contributed by atoms with van der Waals surface area (Å²) in [6.07, 6.45) is 10.2. The Hall–Kier alpha value is -2.74. The van der Waals surface area contributed by atoms with Gasteiger partial charge < -0.3 is 9.88 Å². The second-order valence-corrected chi connectivity index (χ2v) is 7.30. The van der Waals surface area contributed by atoms with Gasteiger partial charge >= 0.3 is 0 Å². The van der Waals surface area contributed by atoms with Crippen LogP contribution < -0.4 is 15.9 Å². The topological polar surface area (TPSA) is 17.0 Å². The quantitative estimate of drug-likeness (QED) is 0.697. The third-order valence-corrected chi connectivity index (χ3v) is 5.92. The van der Waals surface area contributed by atoms with Gasteiger partial charge in [0.1, 0.15) is 0 Å². The van der Waals surface area contributed by atoms with Gasteiger partial charge in [-0.3, -0.25) is 0 Å². The summed E-state index contributed by atoms with van der Waals surface area (Å²) in [6, 6.07) is 15.8. The van der Waals surface area contributed by atoms with Crippen LogP contribution >= 0.6 is 0 Å². The van der Waals surface area contributed by atoms with E-state index in [1.165, 1.54) is 38.4 Å². The molecule has 2 aromatic carbocycles. The van der Waals surface area contributed by atoms with E-state index in [0.29, 0.717) is 12.0 Å². The number of anilines is 1. The lowest BCUT2D eigenvalue weighted by atomic mass is 9.93. The van der Waals surface area contributed by atoms with Gasteiger partial charge in [-0.05, 0) is 37.0 Å². The van der Waals surface area contributed by atoms with Crippen molar-refractivity contribution in [2.75, 3.05) is 5.32 Å². The Labute approximate surface area is 154 Å². The standard InChI is InChI=1S/C24H24N2/c1-3-17-19-14-15-20-18-12-8-9-13-22(18)26(16-10-6-5-7-11-16)24(20)23(19)25-21(17)4-2/h3,5-7,10-15,17,21,25H,1,4,8-9H2,2H3/t17?,21-/m0/s1. The maximum absolute atomic E-state index is 4.11. The van der Waals surface area contributed by atoms with E-state index in [0.717, 1.165) is 19.3 Å². The van der Waals surface area contributed by atoms with Crippen LogP contribution in [0.1, 0.15) is 37.7 Å². The van der Waals surface area contributed by atoms with Crippen LogP contribution in [0.25, 0.3) is 28.7 Å². The lowest BCUT2D eigenvalue weighted by molar-refractivity contribution is 0.662. The van der Waals surface area contributed by atoms with E-state index in [4.69, 9.17) is 0 Å². The molecule has 2 atom stereocenters. The zero-order valence-corrected chi connectivity index (χ0v) is 15.2. The minimum atomic E-state index is 0.378. The van der Waals surface area contributed by atoms with Gasteiger partial charge in [0.25, 0.3) is 0 Å². The average Bonchev–Trinajstić information content (AvgIpc) is 3.23. The Morgan fingerprint density at radius 2 is 1.92 bits per heavy atom. The Bertz CT molecular complexity index is 1120. The van der Waals surface area contributed by atoms with Crippen molar-refractivity contribution in [2.24, 2.45) is 0 Å². The molecule has 1 aliphatic carbocycles. The number of fused-ring (bicyclic) bond motifs is 5. The van der Waals surface area contributed by atoms with Crippen molar-refractivity contribution >= 4 is 28.7 Å². The van der Waals surface area contributed by atoms with Gasteiger partial charge in [-0.2, -0.15) is 0 Å². The number of hydrogen-bond donors (Lipinski definition) is 1. The molecule has 2 heteroatoms. The summed E-state index contributed by atoms with van der Waals surface area (Å²) < 4.78 is 2.45. The molecule has 0 saturated heterocycles. The first-order valence-electron chi connectivity index (χ1n) is 9.65. The molecule has 0 radical (unpaired) electrons. The highest BCUT2D eigenvalue weighted by Gasteiger charge is 2.31. The van der Waals surface area contributed by atoms with E-state index in [2.05, 4.69) is 84.1 Å². The summed E-state index contributed by atoms with van der Waals surface area (Å²) >= 11 is 0. The molecule has 1 aromatic heterocycles. The van der Waals surface area contributed by atoms with E-state index in [9.17, 15) is 0 Å². The number of rotatable bonds is 3. The van der Waals surface area contributed by atoms with Crippen molar-refractivity contribution in [3.63, 3.8) is 0 Å². The van der Waals surface area contributed by atoms with Crippen LogP contribution in [-0.4, -0.2) is 10.6 Å².